The van der Waals surface area contributed by atoms with Crippen LogP contribution in [0, 0.1) is 10.5 Å². The average Bonchev–Trinajstić information content (AvgIpc) is 2.75. The second kappa shape index (κ2) is 5.71. The minimum atomic E-state index is -0.172. The number of benzene rings is 1. The molecule has 0 atom stereocenters. The summed E-state index contributed by atoms with van der Waals surface area (Å²) in [7, 11) is 0. The highest BCUT2D eigenvalue weighted by molar-refractivity contribution is 14.1. The Morgan fingerprint density at radius 3 is 2.83 bits per heavy atom. The number of thiophene rings is 1. The number of hydrogen-bond acceptors (Lipinski definition) is 3. The molecular formula is C13H12INO2S. The molecule has 0 aliphatic carbocycles. The van der Waals surface area contributed by atoms with Crippen molar-refractivity contribution >= 4 is 39.8 Å². The first-order valence-electron chi connectivity index (χ1n) is 5.37. The zero-order valence-electron chi connectivity index (χ0n) is 9.74. The zero-order valence-corrected chi connectivity index (χ0v) is 12.7. The Labute approximate surface area is 123 Å². The van der Waals surface area contributed by atoms with Gasteiger partial charge in [-0.15, -0.1) is 11.3 Å². The van der Waals surface area contributed by atoms with Crippen molar-refractivity contribution in [2.75, 3.05) is 0 Å². The number of aromatic hydroxyl groups is 1. The molecule has 0 aliphatic rings. The highest BCUT2D eigenvalue weighted by atomic mass is 127. The number of halogens is 1. The van der Waals surface area contributed by atoms with Crippen molar-refractivity contribution in [3.8, 4) is 5.75 Å². The summed E-state index contributed by atoms with van der Waals surface area (Å²) in [5.74, 6) is -0.0370. The maximum Gasteiger partial charge on any atom is 0.251 e. The van der Waals surface area contributed by atoms with E-state index in [0.29, 0.717) is 12.1 Å². The molecule has 1 aromatic carbocycles. The van der Waals surface area contributed by atoms with Gasteiger partial charge in [-0.05, 0) is 64.7 Å². The molecule has 1 amide bonds. The second-order valence-electron chi connectivity index (χ2n) is 3.88. The van der Waals surface area contributed by atoms with E-state index in [1.807, 2.05) is 41.0 Å². The van der Waals surface area contributed by atoms with E-state index in [9.17, 15) is 9.90 Å². The fraction of sp³-hybridized carbons (Fsp3) is 0.154. The molecule has 94 valence electrons. The number of phenols is 1. The molecule has 3 nitrogen and oxygen atoms in total. The van der Waals surface area contributed by atoms with Gasteiger partial charge in [0.2, 0.25) is 0 Å². The highest BCUT2D eigenvalue weighted by Crippen LogP contribution is 2.20. The number of rotatable bonds is 3. The highest BCUT2D eigenvalue weighted by Gasteiger charge is 2.09. The van der Waals surface area contributed by atoms with Gasteiger partial charge in [0.1, 0.15) is 5.75 Å². The van der Waals surface area contributed by atoms with Gasteiger partial charge in [-0.3, -0.25) is 4.79 Å². The van der Waals surface area contributed by atoms with Crippen molar-refractivity contribution in [3.63, 3.8) is 0 Å². The molecular weight excluding hydrogens is 361 g/mol. The largest absolute Gasteiger partial charge is 0.507 e. The third-order valence-corrected chi connectivity index (χ3v) is 4.52. The lowest BCUT2D eigenvalue weighted by molar-refractivity contribution is 0.0951. The summed E-state index contributed by atoms with van der Waals surface area (Å²) >= 11 is 3.65. The van der Waals surface area contributed by atoms with Gasteiger partial charge in [0, 0.05) is 10.4 Å². The van der Waals surface area contributed by atoms with Crippen LogP contribution >= 0.6 is 33.9 Å². The van der Waals surface area contributed by atoms with Crippen molar-refractivity contribution in [2.45, 2.75) is 13.5 Å². The van der Waals surface area contributed by atoms with E-state index >= 15 is 0 Å². The minimum Gasteiger partial charge on any atom is -0.507 e. The van der Waals surface area contributed by atoms with E-state index in [1.54, 1.807) is 23.5 Å². The minimum absolute atomic E-state index is 0.135. The summed E-state index contributed by atoms with van der Waals surface area (Å²) in [6, 6.07) is 6.94. The summed E-state index contributed by atoms with van der Waals surface area (Å²) in [4.78, 5) is 13.0. The molecule has 1 heterocycles. The maximum atomic E-state index is 11.9. The number of carbonyl (C=O) groups is 1. The molecule has 0 saturated carbocycles. The molecule has 2 aromatic rings. The van der Waals surface area contributed by atoms with Gasteiger partial charge in [0.15, 0.2) is 0 Å². The second-order valence-corrected chi connectivity index (χ2v) is 6.04. The van der Waals surface area contributed by atoms with Gasteiger partial charge in [-0.25, -0.2) is 0 Å². The first-order valence-corrected chi connectivity index (χ1v) is 7.33. The van der Waals surface area contributed by atoms with E-state index in [0.717, 1.165) is 8.45 Å². The quantitative estimate of drug-likeness (QED) is 0.812. The molecule has 0 aliphatic heterocycles. The Hall–Kier alpha value is -1.08. The van der Waals surface area contributed by atoms with Crippen LogP contribution < -0.4 is 5.32 Å². The predicted molar refractivity (Wildman–Crippen MR) is 81.1 cm³/mol. The lowest BCUT2D eigenvalue weighted by Crippen LogP contribution is -2.22. The van der Waals surface area contributed by atoms with Crippen molar-refractivity contribution in [1.29, 1.82) is 0 Å². The Balaban J connectivity index is 2.04. The topological polar surface area (TPSA) is 49.3 Å². The molecule has 0 saturated heterocycles. The van der Waals surface area contributed by atoms with E-state index < -0.39 is 0 Å². The number of hydrogen-bond donors (Lipinski definition) is 2. The van der Waals surface area contributed by atoms with Gasteiger partial charge in [0.25, 0.3) is 5.91 Å². The van der Waals surface area contributed by atoms with Gasteiger partial charge in [0.05, 0.1) is 10.1 Å². The van der Waals surface area contributed by atoms with E-state index in [-0.39, 0.29) is 11.7 Å². The Kier molecular flexibility index (Phi) is 4.23. The first-order chi connectivity index (χ1) is 8.58. The molecule has 0 unspecified atom stereocenters. The van der Waals surface area contributed by atoms with Crippen molar-refractivity contribution in [1.82, 2.24) is 5.32 Å². The van der Waals surface area contributed by atoms with Crippen LogP contribution in [0.25, 0.3) is 0 Å². The normalized spacial score (nSPS) is 10.3. The Morgan fingerprint density at radius 2 is 2.22 bits per heavy atom. The predicted octanol–water partition coefficient (Wildman–Crippen LogP) is 3.30. The van der Waals surface area contributed by atoms with Crippen LogP contribution in [-0.4, -0.2) is 11.0 Å². The lowest BCUT2D eigenvalue weighted by Gasteiger charge is -2.06. The maximum absolute atomic E-state index is 11.9. The zero-order chi connectivity index (χ0) is 13.1. The third kappa shape index (κ3) is 3.02. The van der Waals surface area contributed by atoms with Crippen LogP contribution in [0.5, 0.6) is 5.75 Å². The number of nitrogens with one attached hydrogen (secondary N) is 1. The SMILES string of the molecule is Cc1ccsc1CNC(=O)c1ccc(I)c(O)c1. The van der Waals surface area contributed by atoms with Gasteiger partial charge in [-0.2, -0.15) is 0 Å². The van der Waals surface area contributed by atoms with Gasteiger partial charge >= 0.3 is 0 Å². The number of amides is 1. The first kappa shape index (κ1) is 13.4. The van der Waals surface area contributed by atoms with E-state index in [2.05, 4.69) is 5.32 Å². The Bertz CT molecular complexity index is 580. The summed E-state index contributed by atoms with van der Waals surface area (Å²) in [5, 5.41) is 14.4. The molecule has 0 radical (unpaired) electrons. The third-order valence-electron chi connectivity index (χ3n) is 2.59. The van der Waals surface area contributed by atoms with E-state index in [4.69, 9.17) is 0 Å². The van der Waals surface area contributed by atoms with Crippen molar-refractivity contribution in [2.24, 2.45) is 0 Å². The molecule has 0 spiro atoms. The number of aryl methyl sites for hydroxylation is 1. The van der Waals surface area contributed by atoms with Crippen molar-refractivity contribution < 1.29 is 9.90 Å². The summed E-state index contributed by atoms with van der Waals surface area (Å²) < 4.78 is 0.734. The fourth-order valence-corrected chi connectivity index (χ4v) is 2.68. The van der Waals surface area contributed by atoms with Gasteiger partial charge < -0.3 is 10.4 Å². The summed E-state index contributed by atoms with van der Waals surface area (Å²) in [5.41, 5.74) is 1.66. The molecule has 0 fully saturated rings. The fourth-order valence-electron chi connectivity index (χ4n) is 1.50. The van der Waals surface area contributed by atoms with Crippen LogP contribution in [0.1, 0.15) is 20.8 Å². The molecule has 5 heteroatoms. The van der Waals surface area contributed by atoms with Gasteiger partial charge in [-0.1, -0.05) is 0 Å². The van der Waals surface area contributed by atoms with Crippen molar-refractivity contribution in [3.05, 3.63) is 49.2 Å². The van der Waals surface area contributed by atoms with Crippen LogP contribution in [0.15, 0.2) is 29.6 Å². The lowest BCUT2D eigenvalue weighted by atomic mass is 10.2. The number of carbonyl (C=O) groups excluding carboxylic acids is 1. The molecule has 2 rings (SSSR count). The average molecular weight is 373 g/mol. The summed E-state index contributed by atoms with van der Waals surface area (Å²) in [6.07, 6.45) is 0. The van der Waals surface area contributed by atoms with E-state index in [1.165, 1.54) is 11.6 Å². The molecule has 2 N–H and O–H groups in total. The smallest absolute Gasteiger partial charge is 0.251 e. The van der Waals surface area contributed by atoms with Crippen LogP contribution in [0.4, 0.5) is 0 Å². The van der Waals surface area contributed by atoms with Crippen LogP contribution in [-0.2, 0) is 6.54 Å². The summed E-state index contributed by atoms with van der Waals surface area (Å²) in [6.45, 7) is 2.55. The number of phenolic OH excluding ortho intramolecular Hbond substituents is 1. The molecule has 18 heavy (non-hydrogen) atoms. The molecule has 0 bridgehead atoms. The van der Waals surface area contributed by atoms with Crippen LogP contribution in [0.3, 0.4) is 0 Å². The molecule has 1 aromatic heterocycles. The monoisotopic (exact) mass is 373 g/mol. The standard InChI is InChI=1S/C13H12INO2S/c1-8-4-5-18-12(8)7-15-13(17)9-2-3-10(14)11(16)6-9/h2-6,16H,7H2,1H3,(H,15,17). The van der Waals surface area contributed by atoms with Crippen LogP contribution in [0.2, 0.25) is 0 Å². The Morgan fingerprint density at radius 1 is 1.44 bits per heavy atom.